The number of hydrogen-bond acceptors (Lipinski definition) is 4. The van der Waals surface area contributed by atoms with Crippen LogP contribution < -0.4 is 15.7 Å². The number of halogens is 3. The summed E-state index contributed by atoms with van der Waals surface area (Å²) < 4.78 is 46.7. The van der Waals surface area contributed by atoms with Crippen LogP contribution in [-0.2, 0) is 6.18 Å². The molecule has 0 atom stereocenters. The predicted molar refractivity (Wildman–Crippen MR) is 102 cm³/mol. The standard InChI is InChI=1S/C20H20F3N3O2/c1-12(2)11-24-18-17-15(9-13(20(21,22)23)10-16(17)28-3)26(19(27)25-18)14-7-5-4-6-8-14/h4-10,12H,11H2,1-3H3,(H,24,25,27). The molecule has 0 aliphatic carbocycles. The molecule has 0 spiro atoms. The summed E-state index contributed by atoms with van der Waals surface area (Å²) in [6, 6.07) is 10.3. The van der Waals surface area contributed by atoms with Crippen LogP contribution >= 0.6 is 0 Å². The third-order valence-corrected chi connectivity index (χ3v) is 4.20. The summed E-state index contributed by atoms with van der Waals surface area (Å²) in [5.74, 6) is 0.438. The third kappa shape index (κ3) is 3.81. The second kappa shape index (κ2) is 7.53. The summed E-state index contributed by atoms with van der Waals surface area (Å²) in [4.78, 5) is 16.8. The van der Waals surface area contributed by atoms with Crippen molar-refractivity contribution in [3.63, 3.8) is 0 Å². The Bertz CT molecular complexity index is 1040. The Morgan fingerprint density at radius 2 is 1.86 bits per heavy atom. The number of para-hydroxylation sites is 1. The maximum atomic E-state index is 13.4. The maximum Gasteiger partial charge on any atom is 0.416 e. The topological polar surface area (TPSA) is 56.1 Å². The minimum absolute atomic E-state index is 0.00624. The van der Waals surface area contributed by atoms with Gasteiger partial charge in [-0.25, -0.2) is 4.79 Å². The first kappa shape index (κ1) is 19.7. The lowest BCUT2D eigenvalue weighted by atomic mass is 10.1. The molecule has 28 heavy (non-hydrogen) atoms. The quantitative estimate of drug-likeness (QED) is 0.697. The molecular formula is C20H20F3N3O2. The number of rotatable bonds is 5. The van der Waals surface area contributed by atoms with Crippen molar-refractivity contribution >= 4 is 16.7 Å². The van der Waals surface area contributed by atoms with Crippen molar-refractivity contribution in [2.75, 3.05) is 19.0 Å². The summed E-state index contributed by atoms with van der Waals surface area (Å²) in [6.45, 7) is 4.44. The number of hydrogen-bond donors (Lipinski definition) is 1. The second-order valence-corrected chi connectivity index (χ2v) is 6.76. The first-order valence-electron chi connectivity index (χ1n) is 8.73. The average molecular weight is 391 g/mol. The van der Waals surface area contributed by atoms with E-state index in [4.69, 9.17) is 4.74 Å². The molecule has 5 nitrogen and oxygen atoms in total. The van der Waals surface area contributed by atoms with Gasteiger partial charge in [0, 0.05) is 6.54 Å². The first-order chi connectivity index (χ1) is 13.2. The van der Waals surface area contributed by atoms with Gasteiger partial charge >= 0.3 is 11.9 Å². The van der Waals surface area contributed by atoms with Crippen LogP contribution in [0.1, 0.15) is 19.4 Å². The minimum Gasteiger partial charge on any atom is -0.496 e. The normalized spacial score (nSPS) is 11.8. The average Bonchev–Trinajstić information content (AvgIpc) is 2.64. The maximum absolute atomic E-state index is 13.4. The smallest absolute Gasteiger partial charge is 0.416 e. The molecule has 0 unspecified atom stereocenters. The number of aromatic nitrogens is 2. The van der Waals surface area contributed by atoms with Gasteiger partial charge < -0.3 is 10.1 Å². The molecule has 0 bridgehead atoms. The van der Waals surface area contributed by atoms with Gasteiger partial charge in [0.1, 0.15) is 11.6 Å². The number of nitrogens with one attached hydrogen (secondary N) is 1. The Balaban J connectivity index is 2.41. The summed E-state index contributed by atoms with van der Waals surface area (Å²) in [5.41, 5.74) is -1.08. The Labute approximate surface area is 159 Å². The molecule has 0 saturated carbocycles. The van der Waals surface area contributed by atoms with E-state index in [2.05, 4.69) is 10.3 Å². The Hall–Kier alpha value is -3.03. The van der Waals surface area contributed by atoms with E-state index in [1.807, 2.05) is 13.8 Å². The van der Waals surface area contributed by atoms with E-state index < -0.39 is 17.4 Å². The summed E-state index contributed by atoms with van der Waals surface area (Å²) in [7, 11) is 1.29. The molecule has 0 aliphatic heterocycles. The number of nitrogens with zero attached hydrogens (tertiary/aromatic N) is 2. The van der Waals surface area contributed by atoms with Crippen LogP contribution in [-0.4, -0.2) is 23.2 Å². The number of fused-ring (bicyclic) bond motifs is 1. The highest BCUT2D eigenvalue weighted by Gasteiger charge is 2.33. The molecule has 2 aromatic carbocycles. The highest BCUT2D eigenvalue weighted by atomic mass is 19.4. The Kier molecular flexibility index (Phi) is 5.31. The van der Waals surface area contributed by atoms with Crippen molar-refractivity contribution < 1.29 is 17.9 Å². The van der Waals surface area contributed by atoms with Gasteiger partial charge in [-0.2, -0.15) is 18.2 Å². The molecule has 1 heterocycles. The summed E-state index contributed by atoms with van der Waals surface area (Å²) >= 11 is 0. The van der Waals surface area contributed by atoms with Crippen molar-refractivity contribution in [1.29, 1.82) is 0 Å². The van der Waals surface area contributed by atoms with Crippen LogP contribution in [0.25, 0.3) is 16.6 Å². The molecular weight excluding hydrogens is 371 g/mol. The molecule has 0 fully saturated rings. The van der Waals surface area contributed by atoms with Crippen LogP contribution in [0.3, 0.4) is 0 Å². The van der Waals surface area contributed by atoms with E-state index in [-0.39, 0.29) is 23.0 Å². The van der Waals surface area contributed by atoms with Crippen molar-refractivity contribution in [3.05, 3.63) is 58.5 Å². The van der Waals surface area contributed by atoms with Crippen LogP contribution in [0, 0.1) is 5.92 Å². The number of methoxy groups -OCH3 is 1. The zero-order valence-corrected chi connectivity index (χ0v) is 15.7. The lowest BCUT2D eigenvalue weighted by Crippen LogP contribution is -2.25. The van der Waals surface area contributed by atoms with E-state index in [0.717, 1.165) is 16.7 Å². The lowest BCUT2D eigenvalue weighted by Gasteiger charge is -2.18. The van der Waals surface area contributed by atoms with E-state index in [9.17, 15) is 18.0 Å². The summed E-state index contributed by atoms with van der Waals surface area (Å²) in [5, 5.41) is 3.37. The van der Waals surface area contributed by atoms with Crippen LogP contribution in [0.15, 0.2) is 47.3 Å². The number of ether oxygens (including phenoxy) is 1. The molecule has 0 radical (unpaired) electrons. The number of alkyl halides is 3. The fraction of sp³-hybridized carbons (Fsp3) is 0.300. The van der Waals surface area contributed by atoms with Crippen molar-refractivity contribution in [1.82, 2.24) is 9.55 Å². The van der Waals surface area contributed by atoms with Crippen LogP contribution in [0.5, 0.6) is 5.75 Å². The zero-order valence-electron chi connectivity index (χ0n) is 15.7. The van der Waals surface area contributed by atoms with Crippen molar-refractivity contribution in [2.45, 2.75) is 20.0 Å². The zero-order chi connectivity index (χ0) is 20.5. The van der Waals surface area contributed by atoms with Gasteiger partial charge in [-0.15, -0.1) is 0 Å². The minimum atomic E-state index is -4.59. The monoisotopic (exact) mass is 391 g/mol. The summed E-state index contributed by atoms with van der Waals surface area (Å²) in [6.07, 6.45) is -4.59. The molecule has 8 heteroatoms. The third-order valence-electron chi connectivity index (χ3n) is 4.20. The number of anilines is 1. The van der Waals surface area contributed by atoms with Gasteiger partial charge in [0.25, 0.3) is 0 Å². The molecule has 0 aliphatic rings. The number of benzene rings is 2. The predicted octanol–water partition coefficient (Wildman–Crippen LogP) is 4.48. The second-order valence-electron chi connectivity index (χ2n) is 6.76. The van der Waals surface area contributed by atoms with Crippen molar-refractivity contribution in [3.8, 4) is 11.4 Å². The fourth-order valence-electron chi connectivity index (χ4n) is 2.90. The molecule has 0 saturated heterocycles. The highest BCUT2D eigenvalue weighted by Crippen LogP contribution is 2.38. The van der Waals surface area contributed by atoms with Crippen LogP contribution in [0.4, 0.5) is 19.0 Å². The molecule has 3 rings (SSSR count). The van der Waals surface area contributed by atoms with Gasteiger partial charge in [-0.3, -0.25) is 4.57 Å². The van der Waals surface area contributed by atoms with Crippen LogP contribution in [0.2, 0.25) is 0 Å². The molecule has 1 aromatic heterocycles. The highest BCUT2D eigenvalue weighted by molar-refractivity contribution is 5.96. The Morgan fingerprint density at radius 3 is 2.43 bits per heavy atom. The largest absolute Gasteiger partial charge is 0.496 e. The van der Waals surface area contributed by atoms with Gasteiger partial charge in [0.2, 0.25) is 0 Å². The SMILES string of the molecule is COc1cc(C(F)(F)F)cc2c1c(NCC(C)C)nc(=O)n2-c1ccccc1. The lowest BCUT2D eigenvalue weighted by molar-refractivity contribution is -0.137. The van der Waals surface area contributed by atoms with E-state index in [1.54, 1.807) is 30.3 Å². The van der Waals surface area contributed by atoms with E-state index in [1.165, 1.54) is 7.11 Å². The molecule has 1 N–H and O–H groups in total. The fourth-order valence-corrected chi connectivity index (χ4v) is 2.90. The van der Waals surface area contributed by atoms with Gasteiger partial charge in [0.05, 0.1) is 29.3 Å². The van der Waals surface area contributed by atoms with Gasteiger partial charge in [0.15, 0.2) is 0 Å². The van der Waals surface area contributed by atoms with Crippen molar-refractivity contribution in [2.24, 2.45) is 5.92 Å². The molecule has 148 valence electrons. The molecule has 3 aromatic rings. The first-order valence-corrected chi connectivity index (χ1v) is 8.73. The van der Waals surface area contributed by atoms with E-state index >= 15 is 0 Å². The van der Waals surface area contributed by atoms with Gasteiger partial charge in [-0.1, -0.05) is 32.0 Å². The Morgan fingerprint density at radius 1 is 1.18 bits per heavy atom. The molecule has 0 amide bonds. The van der Waals surface area contributed by atoms with Gasteiger partial charge in [-0.05, 0) is 30.2 Å². The van der Waals surface area contributed by atoms with E-state index in [0.29, 0.717) is 17.6 Å².